The highest BCUT2D eigenvalue weighted by atomic mass is 16.5. The minimum Gasteiger partial charge on any atom is -0.457 e. The van der Waals surface area contributed by atoms with E-state index in [1.54, 1.807) is 6.20 Å². The second-order valence-corrected chi connectivity index (χ2v) is 13.3. The zero-order valence-corrected chi connectivity index (χ0v) is 27.8. The first-order valence-corrected chi connectivity index (χ1v) is 17.3. The van der Waals surface area contributed by atoms with E-state index in [1.807, 2.05) is 55.1 Å². The van der Waals surface area contributed by atoms with E-state index in [-0.39, 0.29) is 0 Å². The molecule has 244 valence electrons. The summed E-state index contributed by atoms with van der Waals surface area (Å²) < 4.78 is 16.0. The highest BCUT2D eigenvalue weighted by Gasteiger charge is 2.50. The number of nitrogens with zero attached hydrogens (tertiary/aromatic N) is 4. The number of hydrogen-bond acceptors (Lipinski definition) is 5. The Labute approximate surface area is 299 Å². The molecule has 9 aromatic rings. The largest absolute Gasteiger partial charge is 0.457 e. The van der Waals surface area contributed by atoms with E-state index in [1.165, 1.54) is 5.39 Å². The fourth-order valence-electron chi connectivity index (χ4n) is 8.36. The number of hydrogen-bond donors (Lipinski definition) is 0. The van der Waals surface area contributed by atoms with Crippen LogP contribution >= 0.6 is 0 Å². The van der Waals surface area contributed by atoms with Crippen molar-refractivity contribution in [3.05, 3.63) is 193 Å². The van der Waals surface area contributed by atoms with E-state index in [0.29, 0.717) is 0 Å². The SMILES string of the molecule is c1cncc(-c2cc(-c3ccc4c(c3)Oc3ccccc3C43c4ccccc4Oc4cc(-n5c6ccccc6c6ccncc65)ccc43)ccn2)c1. The maximum Gasteiger partial charge on any atom is 0.134 e. The van der Waals surface area contributed by atoms with E-state index in [4.69, 9.17) is 9.47 Å². The second kappa shape index (κ2) is 11.0. The summed E-state index contributed by atoms with van der Waals surface area (Å²) in [4.78, 5) is 13.4. The van der Waals surface area contributed by atoms with E-state index < -0.39 is 5.41 Å². The van der Waals surface area contributed by atoms with Gasteiger partial charge >= 0.3 is 0 Å². The molecule has 0 bridgehead atoms. The third-order valence-electron chi connectivity index (χ3n) is 10.6. The van der Waals surface area contributed by atoms with Gasteiger partial charge in [0.25, 0.3) is 0 Å². The molecular weight excluding hydrogens is 641 g/mol. The molecule has 6 heteroatoms. The van der Waals surface area contributed by atoms with Crippen LogP contribution in [0.1, 0.15) is 22.3 Å². The molecule has 52 heavy (non-hydrogen) atoms. The third kappa shape index (κ3) is 4.03. The fourth-order valence-corrected chi connectivity index (χ4v) is 8.36. The van der Waals surface area contributed by atoms with Crippen molar-refractivity contribution in [1.29, 1.82) is 0 Å². The standard InChI is InChI=1S/C46H28N4O2/c1-4-12-40-33(9-1)34-20-22-48-28-41(34)50(40)32-16-18-38-45(26-32)52-43-14-6-3-11-36(43)46(38)35-10-2-5-13-42(35)51-44-25-29(15-17-37(44)46)30-19-23-49-39(24-30)31-8-7-21-47-27-31/h1-28H. The molecule has 5 aromatic carbocycles. The molecule has 0 radical (unpaired) electrons. The monoisotopic (exact) mass is 668 g/mol. The summed E-state index contributed by atoms with van der Waals surface area (Å²) in [6, 6.07) is 48.7. The molecule has 0 fully saturated rings. The van der Waals surface area contributed by atoms with Crippen LogP contribution in [0, 0.1) is 0 Å². The summed E-state index contributed by atoms with van der Waals surface area (Å²) in [5.41, 5.74) is 10.7. The highest BCUT2D eigenvalue weighted by molar-refractivity contribution is 6.09. The Morgan fingerprint density at radius 3 is 1.92 bits per heavy atom. The van der Waals surface area contributed by atoms with Crippen LogP contribution in [0.2, 0.25) is 0 Å². The van der Waals surface area contributed by atoms with Crippen LogP contribution in [-0.2, 0) is 5.41 Å². The number of benzene rings is 5. The van der Waals surface area contributed by atoms with Gasteiger partial charge in [0, 0.05) is 75.1 Å². The quantitative estimate of drug-likeness (QED) is 0.187. The predicted molar refractivity (Wildman–Crippen MR) is 203 cm³/mol. The Morgan fingerprint density at radius 2 is 1.12 bits per heavy atom. The maximum absolute atomic E-state index is 6.86. The molecular formula is C46H28N4O2. The van der Waals surface area contributed by atoms with Crippen LogP contribution < -0.4 is 9.47 Å². The Balaban J connectivity index is 1.14. The van der Waals surface area contributed by atoms with Gasteiger partial charge in [0.05, 0.1) is 28.3 Å². The average Bonchev–Trinajstić information content (AvgIpc) is 3.55. The van der Waals surface area contributed by atoms with Gasteiger partial charge in [-0.15, -0.1) is 0 Å². The van der Waals surface area contributed by atoms with Crippen LogP contribution in [0.3, 0.4) is 0 Å². The highest BCUT2D eigenvalue weighted by Crippen LogP contribution is 2.61. The lowest BCUT2D eigenvalue weighted by atomic mass is 9.62. The van der Waals surface area contributed by atoms with Crippen molar-refractivity contribution in [2.75, 3.05) is 0 Å². The zero-order valence-electron chi connectivity index (χ0n) is 27.8. The van der Waals surface area contributed by atoms with Crippen molar-refractivity contribution >= 4 is 21.8 Å². The van der Waals surface area contributed by atoms with Gasteiger partial charge in [-0.1, -0.05) is 72.8 Å². The topological polar surface area (TPSA) is 62.1 Å². The van der Waals surface area contributed by atoms with E-state index in [9.17, 15) is 0 Å². The molecule has 0 amide bonds. The third-order valence-corrected chi connectivity index (χ3v) is 10.6. The molecule has 6 heterocycles. The minimum absolute atomic E-state index is 0.701. The van der Waals surface area contributed by atoms with E-state index >= 15 is 0 Å². The smallest absolute Gasteiger partial charge is 0.134 e. The molecule has 0 saturated carbocycles. The van der Waals surface area contributed by atoms with Gasteiger partial charge in [0.2, 0.25) is 0 Å². The average molecular weight is 669 g/mol. The second-order valence-electron chi connectivity index (χ2n) is 13.3. The van der Waals surface area contributed by atoms with Gasteiger partial charge in [-0.3, -0.25) is 15.0 Å². The Hall–Kier alpha value is -7.05. The molecule has 0 saturated heterocycles. The van der Waals surface area contributed by atoms with Gasteiger partial charge < -0.3 is 14.0 Å². The molecule has 2 aliphatic heterocycles. The van der Waals surface area contributed by atoms with Crippen molar-refractivity contribution in [2.45, 2.75) is 5.41 Å². The molecule has 6 nitrogen and oxygen atoms in total. The van der Waals surface area contributed by atoms with Crippen LogP contribution in [-0.4, -0.2) is 19.5 Å². The van der Waals surface area contributed by atoms with E-state index in [0.717, 1.165) is 89.7 Å². The molecule has 1 atom stereocenters. The van der Waals surface area contributed by atoms with Crippen molar-refractivity contribution in [3.8, 4) is 51.1 Å². The van der Waals surface area contributed by atoms with Gasteiger partial charge in [0.15, 0.2) is 0 Å². The predicted octanol–water partition coefficient (Wildman–Crippen LogP) is 10.9. The van der Waals surface area contributed by atoms with Gasteiger partial charge in [0.1, 0.15) is 23.0 Å². The normalized spacial score (nSPS) is 15.3. The number of rotatable bonds is 3. The summed E-state index contributed by atoms with van der Waals surface area (Å²) >= 11 is 0. The summed E-state index contributed by atoms with van der Waals surface area (Å²) in [6.45, 7) is 0. The number of aromatic nitrogens is 4. The zero-order chi connectivity index (χ0) is 34.2. The molecule has 0 N–H and O–H groups in total. The Morgan fingerprint density at radius 1 is 0.442 bits per heavy atom. The summed E-state index contributed by atoms with van der Waals surface area (Å²) in [5.74, 6) is 3.24. The summed E-state index contributed by atoms with van der Waals surface area (Å²) in [7, 11) is 0. The van der Waals surface area contributed by atoms with Gasteiger partial charge in [-0.2, -0.15) is 0 Å². The number of para-hydroxylation sites is 3. The van der Waals surface area contributed by atoms with Crippen molar-refractivity contribution < 1.29 is 9.47 Å². The van der Waals surface area contributed by atoms with Gasteiger partial charge in [-0.25, -0.2) is 0 Å². The van der Waals surface area contributed by atoms with Crippen LogP contribution in [0.25, 0.3) is 49.9 Å². The van der Waals surface area contributed by atoms with Crippen LogP contribution in [0.15, 0.2) is 171 Å². The minimum atomic E-state index is -0.701. The van der Waals surface area contributed by atoms with Crippen molar-refractivity contribution in [1.82, 2.24) is 19.5 Å². The number of ether oxygens (including phenoxy) is 2. The first-order valence-electron chi connectivity index (χ1n) is 17.3. The molecule has 0 aliphatic carbocycles. The number of pyridine rings is 3. The first kappa shape index (κ1) is 28.8. The molecule has 4 aromatic heterocycles. The first-order chi connectivity index (χ1) is 25.8. The lowest BCUT2D eigenvalue weighted by molar-refractivity contribution is 0.399. The summed E-state index contributed by atoms with van der Waals surface area (Å²) in [6.07, 6.45) is 9.27. The fraction of sp³-hybridized carbons (Fsp3) is 0.0217. The lowest BCUT2D eigenvalue weighted by Gasteiger charge is -2.45. The summed E-state index contributed by atoms with van der Waals surface area (Å²) in [5, 5.41) is 2.35. The van der Waals surface area contributed by atoms with Crippen LogP contribution in [0.4, 0.5) is 0 Å². The van der Waals surface area contributed by atoms with Crippen molar-refractivity contribution in [2.24, 2.45) is 0 Å². The van der Waals surface area contributed by atoms with Gasteiger partial charge in [-0.05, 0) is 71.8 Å². The van der Waals surface area contributed by atoms with E-state index in [2.05, 4.69) is 129 Å². The molecule has 2 aliphatic rings. The molecule has 1 spiro atoms. The Kier molecular flexibility index (Phi) is 6.07. The maximum atomic E-state index is 6.86. The Bertz CT molecular complexity index is 2810. The molecule has 11 rings (SSSR count). The number of fused-ring (bicyclic) bond motifs is 11. The van der Waals surface area contributed by atoms with Crippen molar-refractivity contribution in [3.63, 3.8) is 0 Å². The molecule has 1 unspecified atom stereocenters. The lowest BCUT2D eigenvalue weighted by Crippen LogP contribution is -2.36. The van der Waals surface area contributed by atoms with Crippen LogP contribution in [0.5, 0.6) is 23.0 Å².